The molecule has 0 aromatic carbocycles. The van der Waals surface area contributed by atoms with Crippen molar-refractivity contribution < 1.29 is 9.59 Å². The Labute approximate surface area is 101 Å². The van der Waals surface area contributed by atoms with Crippen LogP contribution in [-0.4, -0.2) is 53.5 Å². The molecule has 1 aliphatic heterocycles. The molecule has 0 aromatic heterocycles. The molecule has 3 aliphatic rings. The third-order valence-electron chi connectivity index (χ3n) is 3.95. The van der Waals surface area contributed by atoms with E-state index in [4.69, 9.17) is 0 Å². The highest BCUT2D eigenvalue weighted by atomic mass is 16.2. The van der Waals surface area contributed by atoms with Gasteiger partial charge in [-0.15, -0.1) is 0 Å². The summed E-state index contributed by atoms with van der Waals surface area (Å²) in [6.45, 7) is 3.76. The van der Waals surface area contributed by atoms with Gasteiger partial charge in [0.1, 0.15) is 6.54 Å². The minimum absolute atomic E-state index is 0.0665. The van der Waals surface area contributed by atoms with E-state index in [9.17, 15) is 9.59 Å². The molecule has 0 unspecified atom stereocenters. The van der Waals surface area contributed by atoms with Gasteiger partial charge in [0.15, 0.2) is 0 Å². The second-order valence-electron chi connectivity index (χ2n) is 5.51. The SMILES string of the molecule is C[C@@H]1C[C@@H]1NC(=O)N1CCN(C2CC2)C(=O)C1. The van der Waals surface area contributed by atoms with Crippen LogP contribution in [0.4, 0.5) is 4.79 Å². The molecular weight excluding hydrogens is 218 g/mol. The zero-order chi connectivity index (χ0) is 12.0. The molecule has 0 bridgehead atoms. The first-order valence-electron chi connectivity index (χ1n) is 6.50. The van der Waals surface area contributed by atoms with E-state index in [0.717, 1.165) is 19.3 Å². The first kappa shape index (κ1) is 10.9. The summed E-state index contributed by atoms with van der Waals surface area (Å²) in [6, 6.07) is 0.735. The summed E-state index contributed by atoms with van der Waals surface area (Å²) in [5.41, 5.74) is 0. The highest BCUT2D eigenvalue weighted by molar-refractivity contribution is 5.85. The number of urea groups is 1. The third-order valence-corrected chi connectivity index (χ3v) is 3.95. The lowest BCUT2D eigenvalue weighted by Crippen LogP contribution is -2.55. The molecular formula is C12H19N3O2. The Bertz CT molecular complexity index is 354. The highest BCUT2D eigenvalue weighted by Gasteiger charge is 2.39. The largest absolute Gasteiger partial charge is 0.336 e. The monoisotopic (exact) mass is 237 g/mol. The van der Waals surface area contributed by atoms with E-state index in [0.29, 0.717) is 31.1 Å². The Kier molecular flexibility index (Phi) is 2.49. The van der Waals surface area contributed by atoms with Gasteiger partial charge in [0.2, 0.25) is 5.91 Å². The molecule has 5 heteroatoms. The van der Waals surface area contributed by atoms with Crippen LogP contribution in [0.25, 0.3) is 0 Å². The van der Waals surface area contributed by atoms with Gasteiger partial charge >= 0.3 is 6.03 Å². The average molecular weight is 237 g/mol. The predicted molar refractivity (Wildman–Crippen MR) is 62.4 cm³/mol. The number of hydrogen-bond acceptors (Lipinski definition) is 2. The van der Waals surface area contributed by atoms with Crippen LogP contribution in [0.2, 0.25) is 0 Å². The van der Waals surface area contributed by atoms with Crippen molar-refractivity contribution in [1.82, 2.24) is 15.1 Å². The molecule has 1 heterocycles. The Morgan fingerprint density at radius 1 is 1.35 bits per heavy atom. The second-order valence-corrected chi connectivity index (χ2v) is 5.51. The van der Waals surface area contributed by atoms with Gasteiger partial charge in [-0.2, -0.15) is 0 Å². The summed E-state index contributed by atoms with van der Waals surface area (Å²) in [4.78, 5) is 27.3. The van der Waals surface area contributed by atoms with Gasteiger partial charge in [0, 0.05) is 25.2 Å². The molecule has 3 amide bonds. The van der Waals surface area contributed by atoms with Crippen molar-refractivity contribution >= 4 is 11.9 Å². The number of nitrogens with zero attached hydrogens (tertiary/aromatic N) is 2. The molecule has 2 atom stereocenters. The fourth-order valence-electron chi connectivity index (χ4n) is 2.41. The lowest BCUT2D eigenvalue weighted by atomic mass is 10.3. The molecule has 1 N–H and O–H groups in total. The first-order chi connectivity index (χ1) is 8.15. The molecule has 1 saturated heterocycles. The zero-order valence-electron chi connectivity index (χ0n) is 10.2. The summed E-state index contributed by atoms with van der Waals surface area (Å²) in [6.07, 6.45) is 3.34. The van der Waals surface area contributed by atoms with Crippen LogP contribution in [0.1, 0.15) is 26.2 Å². The number of rotatable bonds is 2. The molecule has 2 aliphatic carbocycles. The Morgan fingerprint density at radius 2 is 2.06 bits per heavy atom. The maximum absolute atomic E-state index is 11.9. The van der Waals surface area contributed by atoms with Gasteiger partial charge in [-0.05, 0) is 25.2 Å². The van der Waals surface area contributed by atoms with Crippen molar-refractivity contribution in [2.45, 2.75) is 38.3 Å². The lowest BCUT2D eigenvalue weighted by Gasteiger charge is -2.34. The van der Waals surface area contributed by atoms with Crippen LogP contribution in [0.5, 0.6) is 0 Å². The van der Waals surface area contributed by atoms with Gasteiger partial charge in [0.05, 0.1) is 0 Å². The van der Waals surface area contributed by atoms with Crippen LogP contribution >= 0.6 is 0 Å². The number of nitrogens with one attached hydrogen (secondary N) is 1. The molecule has 17 heavy (non-hydrogen) atoms. The summed E-state index contributed by atoms with van der Waals surface area (Å²) >= 11 is 0. The fourth-order valence-corrected chi connectivity index (χ4v) is 2.41. The molecule has 0 aromatic rings. The molecule has 0 radical (unpaired) electrons. The Hall–Kier alpha value is -1.26. The topological polar surface area (TPSA) is 52.7 Å². The van der Waals surface area contributed by atoms with Crippen LogP contribution in [0.3, 0.4) is 0 Å². The van der Waals surface area contributed by atoms with E-state index in [1.54, 1.807) is 4.90 Å². The van der Waals surface area contributed by atoms with Gasteiger partial charge < -0.3 is 15.1 Å². The Balaban J connectivity index is 1.51. The average Bonchev–Trinajstić information content (AvgIpc) is 3.17. The van der Waals surface area contributed by atoms with Crippen LogP contribution in [-0.2, 0) is 4.79 Å². The van der Waals surface area contributed by atoms with Gasteiger partial charge in [0.25, 0.3) is 0 Å². The fraction of sp³-hybridized carbons (Fsp3) is 0.833. The van der Waals surface area contributed by atoms with Crippen LogP contribution in [0.15, 0.2) is 0 Å². The van der Waals surface area contributed by atoms with Gasteiger partial charge in [-0.3, -0.25) is 4.79 Å². The number of carbonyl (C=O) groups excluding carboxylic acids is 2. The van der Waals surface area contributed by atoms with E-state index >= 15 is 0 Å². The smallest absolute Gasteiger partial charge is 0.318 e. The number of hydrogen-bond donors (Lipinski definition) is 1. The summed E-state index contributed by atoms with van der Waals surface area (Å²) < 4.78 is 0. The van der Waals surface area contributed by atoms with Crippen molar-refractivity contribution in [3.63, 3.8) is 0 Å². The molecule has 0 spiro atoms. The van der Waals surface area contributed by atoms with Crippen molar-refractivity contribution in [2.75, 3.05) is 19.6 Å². The van der Waals surface area contributed by atoms with Crippen molar-refractivity contribution in [1.29, 1.82) is 0 Å². The number of amides is 3. The minimum atomic E-state index is -0.0665. The molecule has 94 valence electrons. The quantitative estimate of drug-likeness (QED) is 0.756. The summed E-state index contributed by atoms with van der Waals surface area (Å²) in [5.74, 6) is 0.708. The molecule has 2 saturated carbocycles. The maximum Gasteiger partial charge on any atom is 0.318 e. The second kappa shape index (κ2) is 3.89. The van der Waals surface area contributed by atoms with Gasteiger partial charge in [-0.25, -0.2) is 4.79 Å². The highest BCUT2D eigenvalue weighted by Crippen LogP contribution is 2.30. The molecule has 3 fully saturated rings. The predicted octanol–water partition coefficient (Wildman–Crippen LogP) is 0.411. The maximum atomic E-state index is 11.9. The van der Waals surface area contributed by atoms with E-state index in [2.05, 4.69) is 12.2 Å². The minimum Gasteiger partial charge on any atom is -0.336 e. The number of piperazine rings is 1. The first-order valence-corrected chi connectivity index (χ1v) is 6.50. The van der Waals surface area contributed by atoms with E-state index < -0.39 is 0 Å². The summed E-state index contributed by atoms with van der Waals surface area (Å²) in [5, 5.41) is 2.97. The van der Waals surface area contributed by atoms with Crippen molar-refractivity contribution in [2.24, 2.45) is 5.92 Å². The van der Waals surface area contributed by atoms with Crippen LogP contribution in [0, 0.1) is 5.92 Å². The van der Waals surface area contributed by atoms with E-state index in [1.807, 2.05) is 4.90 Å². The normalized spacial score (nSPS) is 32.6. The molecule has 3 rings (SSSR count). The number of carbonyl (C=O) groups is 2. The van der Waals surface area contributed by atoms with E-state index in [1.165, 1.54) is 0 Å². The lowest BCUT2D eigenvalue weighted by molar-refractivity contribution is -0.135. The Morgan fingerprint density at radius 3 is 2.59 bits per heavy atom. The van der Waals surface area contributed by atoms with Crippen molar-refractivity contribution in [3.8, 4) is 0 Å². The van der Waals surface area contributed by atoms with Crippen LogP contribution < -0.4 is 5.32 Å². The third kappa shape index (κ3) is 2.23. The molecule has 5 nitrogen and oxygen atoms in total. The zero-order valence-corrected chi connectivity index (χ0v) is 10.2. The standard InChI is InChI=1S/C12H19N3O2/c1-8-6-10(8)13-12(17)14-4-5-15(9-2-3-9)11(16)7-14/h8-10H,2-7H2,1H3,(H,13,17)/t8-,10+/m1/s1. The van der Waals surface area contributed by atoms with E-state index in [-0.39, 0.29) is 18.5 Å². The summed E-state index contributed by atoms with van der Waals surface area (Å²) in [7, 11) is 0. The van der Waals surface area contributed by atoms with Crippen molar-refractivity contribution in [3.05, 3.63) is 0 Å². The van der Waals surface area contributed by atoms with Gasteiger partial charge in [-0.1, -0.05) is 6.92 Å².